The number of para-hydroxylation sites is 1. The fourth-order valence-electron chi connectivity index (χ4n) is 2.61. The van der Waals surface area contributed by atoms with Gasteiger partial charge in [0, 0.05) is 11.6 Å². The van der Waals surface area contributed by atoms with E-state index in [1.54, 1.807) is 0 Å². The molecule has 2 N–H and O–H groups in total. The molecule has 0 heterocycles. The summed E-state index contributed by atoms with van der Waals surface area (Å²) in [5.74, 6) is 1.60. The lowest BCUT2D eigenvalue weighted by molar-refractivity contribution is 0.327. The third kappa shape index (κ3) is 3.36. The molecule has 1 aliphatic carbocycles. The second-order valence-electron chi connectivity index (χ2n) is 4.54. The monoisotopic (exact) mass is 255 g/mol. The highest BCUT2D eigenvalue weighted by Crippen LogP contribution is 2.37. The third-order valence-electron chi connectivity index (χ3n) is 3.49. The summed E-state index contributed by atoms with van der Waals surface area (Å²) in [5, 5.41) is 0. The second-order valence-corrected chi connectivity index (χ2v) is 4.54. The topological polar surface area (TPSA) is 35.2 Å². The van der Waals surface area contributed by atoms with Gasteiger partial charge in [-0.05, 0) is 31.7 Å². The lowest BCUT2D eigenvalue weighted by Crippen LogP contribution is -2.20. The molecule has 1 fully saturated rings. The Morgan fingerprint density at radius 3 is 2.59 bits per heavy atom. The quantitative estimate of drug-likeness (QED) is 0.891. The molecule has 0 spiro atoms. The van der Waals surface area contributed by atoms with E-state index in [0.29, 0.717) is 12.5 Å². The standard InChI is InChI=1S/C14H21NO.ClH/c1-2-16-13-10-6-5-9-12(13)14(15)11-7-3-4-8-11;/h5-6,9-11,14H,2-4,7-8,15H2,1H3;1H/t14-;/m0./s1. The number of ether oxygens (including phenoxy) is 1. The van der Waals surface area contributed by atoms with Crippen LogP contribution in [-0.4, -0.2) is 6.61 Å². The molecule has 3 heteroatoms. The van der Waals surface area contributed by atoms with Crippen LogP contribution in [0.4, 0.5) is 0 Å². The number of halogens is 1. The van der Waals surface area contributed by atoms with Crippen LogP contribution in [0.1, 0.15) is 44.2 Å². The zero-order chi connectivity index (χ0) is 11.4. The highest BCUT2D eigenvalue weighted by atomic mass is 35.5. The normalized spacial score (nSPS) is 17.5. The van der Waals surface area contributed by atoms with Gasteiger partial charge in [-0.25, -0.2) is 0 Å². The van der Waals surface area contributed by atoms with Crippen molar-refractivity contribution in [3.05, 3.63) is 29.8 Å². The summed E-state index contributed by atoms with van der Waals surface area (Å²) in [4.78, 5) is 0. The van der Waals surface area contributed by atoms with Crippen molar-refractivity contribution >= 4 is 12.4 Å². The van der Waals surface area contributed by atoms with Crippen LogP contribution >= 0.6 is 12.4 Å². The Bertz CT molecular complexity index is 337. The molecule has 17 heavy (non-hydrogen) atoms. The van der Waals surface area contributed by atoms with E-state index in [2.05, 4.69) is 6.07 Å². The van der Waals surface area contributed by atoms with E-state index in [1.807, 2.05) is 25.1 Å². The molecule has 0 saturated heterocycles. The SMILES string of the molecule is CCOc1ccccc1[C@@H](N)C1CCCC1.Cl. The minimum absolute atomic E-state index is 0. The summed E-state index contributed by atoms with van der Waals surface area (Å²) in [5.41, 5.74) is 7.53. The van der Waals surface area contributed by atoms with Gasteiger partial charge in [-0.2, -0.15) is 0 Å². The maximum Gasteiger partial charge on any atom is 0.124 e. The van der Waals surface area contributed by atoms with Gasteiger partial charge in [0.2, 0.25) is 0 Å². The van der Waals surface area contributed by atoms with Crippen LogP contribution in [-0.2, 0) is 0 Å². The van der Waals surface area contributed by atoms with E-state index in [1.165, 1.54) is 31.2 Å². The van der Waals surface area contributed by atoms with Crippen molar-refractivity contribution in [2.24, 2.45) is 11.7 Å². The van der Waals surface area contributed by atoms with E-state index in [0.717, 1.165) is 5.75 Å². The molecule has 1 saturated carbocycles. The first-order valence-corrected chi connectivity index (χ1v) is 6.30. The molecular formula is C14H22ClNO. The largest absolute Gasteiger partial charge is 0.494 e. The smallest absolute Gasteiger partial charge is 0.124 e. The van der Waals surface area contributed by atoms with Crippen molar-refractivity contribution in [2.75, 3.05) is 6.61 Å². The average molecular weight is 256 g/mol. The van der Waals surface area contributed by atoms with Gasteiger partial charge in [0.15, 0.2) is 0 Å². The summed E-state index contributed by atoms with van der Waals surface area (Å²) in [6, 6.07) is 8.33. The lowest BCUT2D eigenvalue weighted by Gasteiger charge is -2.21. The average Bonchev–Trinajstić information content (AvgIpc) is 2.83. The Kier molecular flexibility index (Phi) is 5.79. The Balaban J connectivity index is 0.00000144. The molecule has 2 rings (SSSR count). The molecule has 1 aliphatic rings. The molecule has 0 unspecified atom stereocenters. The number of hydrogen-bond acceptors (Lipinski definition) is 2. The summed E-state index contributed by atoms with van der Waals surface area (Å²) < 4.78 is 5.64. The van der Waals surface area contributed by atoms with Crippen molar-refractivity contribution in [1.29, 1.82) is 0 Å². The number of hydrogen-bond donors (Lipinski definition) is 1. The maximum atomic E-state index is 6.35. The van der Waals surface area contributed by atoms with Gasteiger partial charge < -0.3 is 10.5 Å². The molecule has 1 aromatic rings. The Morgan fingerprint density at radius 2 is 1.94 bits per heavy atom. The van der Waals surface area contributed by atoms with Gasteiger partial charge >= 0.3 is 0 Å². The minimum atomic E-state index is 0. The molecular weight excluding hydrogens is 234 g/mol. The Labute approximate surface area is 110 Å². The molecule has 0 bridgehead atoms. The van der Waals surface area contributed by atoms with Gasteiger partial charge in [-0.1, -0.05) is 31.0 Å². The number of benzene rings is 1. The number of nitrogens with two attached hydrogens (primary N) is 1. The third-order valence-corrected chi connectivity index (χ3v) is 3.49. The Morgan fingerprint density at radius 1 is 1.29 bits per heavy atom. The van der Waals surface area contributed by atoms with E-state index in [-0.39, 0.29) is 18.4 Å². The highest BCUT2D eigenvalue weighted by molar-refractivity contribution is 5.85. The molecule has 0 amide bonds. The molecule has 0 aliphatic heterocycles. The van der Waals surface area contributed by atoms with Crippen molar-refractivity contribution < 1.29 is 4.74 Å². The van der Waals surface area contributed by atoms with Crippen molar-refractivity contribution in [3.63, 3.8) is 0 Å². The van der Waals surface area contributed by atoms with Crippen LogP contribution in [0.2, 0.25) is 0 Å². The summed E-state index contributed by atoms with van der Waals surface area (Å²) in [6.45, 7) is 2.71. The van der Waals surface area contributed by atoms with Crippen molar-refractivity contribution in [1.82, 2.24) is 0 Å². The highest BCUT2D eigenvalue weighted by Gasteiger charge is 2.25. The number of rotatable bonds is 4. The molecule has 1 atom stereocenters. The van der Waals surface area contributed by atoms with Gasteiger partial charge in [-0.15, -0.1) is 12.4 Å². The van der Waals surface area contributed by atoms with Gasteiger partial charge in [0.05, 0.1) is 6.61 Å². The molecule has 0 radical (unpaired) electrons. The summed E-state index contributed by atoms with van der Waals surface area (Å²) in [6.07, 6.45) is 5.19. The fourth-order valence-corrected chi connectivity index (χ4v) is 2.61. The van der Waals surface area contributed by atoms with E-state index >= 15 is 0 Å². The lowest BCUT2D eigenvalue weighted by atomic mass is 9.92. The predicted molar refractivity (Wildman–Crippen MR) is 73.7 cm³/mol. The van der Waals surface area contributed by atoms with Crippen LogP contribution in [0.25, 0.3) is 0 Å². The van der Waals surface area contributed by atoms with Gasteiger partial charge in [0.25, 0.3) is 0 Å². The van der Waals surface area contributed by atoms with Crippen LogP contribution in [0.15, 0.2) is 24.3 Å². The maximum absolute atomic E-state index is 6.35. The Hall–Kier alpha value is -0.730. The van der Waals surface area contributed by atoms with Crippen LogP contribution in [0.5, 0.6) is 5.75 Å². The molecule has 2 nitrogen and oxygen atoms in total. The second kappa shape index (κ2) is 6.87. The first kappa shape index (κ1) is 14.3. The first-order chi connectivity index (χ1) is 7.83. The fraction of sp³-hybridized carbons (Fsp3) is 0.571. The molecule has 0 aromatic heterocycles. The van der Waals surface area contributed by atoms with Crippen LogP contribution in [0.3, 0.4) is 0 Å². The zero-order valence-corrected chi connectivity index (χ0v) is 11.2. The zero-order valence-electron chi connectivity index (χ0n) is 10.4. The van der Waals surface area contributed by atoms with E-state index in [9.17, 15) is 0 Å². The summed E-state index contributed by atoms with van der Waals surface area (Å²) in [7, 11) is 0. The van der Waals surface area contributed by atoms with Crippen molar-refractivity contribution in [3.8, 4) is 5.75 Å². The van der Waals surface area contributed by atoms with E-state index < -0.39 is 0 Å². The molecule has 96 valence electrons. The van der Waals surface area contributed by atoms with Crippen molar-refractivity contribution in [2.45, 2.75) is 38.6 Å². The van der Waals surface area contributed by atoms with E-state index in [4.69, 9.17) is 10.5 Å². The van der Waals surface area contributed by atoms with Crippen LogP contribution in [0, 0.1) is 5.92 Å². The first-order valence-electron chi connectivity index (χ1n) is 6.30. The predicted octanol–water partition coefficient (Wildman–Crippen LogP) is 3.70. The summed E-state index contributed by atoms with van der Waals surface area (Å²) >= 11 is 0. The minimum Gasteiger partial charge on any atom is -0.494 e. The molecule has 1 aromatic carbocycles. The van der Waals surface area contributed by atoms with Crippen LogP contribution < -0.4 is 10.5 Å². The van der Waals surface area contributed by atoms with Gasteiger partial charge in [-0.3, -0.25) is 0 Å². The van der Waals surface area contributed by atoms with Gasteiger partial charge in [0.1, 0.15) is 5.75 Å².